The molecule has 1 aliphatic heterocycles. The molecule has 1 saturated heterocycles. The number of hydrogen-bond acceptors (Lipinski definition) is 6. The summed E-state index contributed by atoms with van der Waals surface area (Å²) in [5.41, 5.74) is 0.0676. The maximum absolute atomic E-state index is 12.2. The highest BCUT2D eigenvalue weighted by molar-refractivity contribution is 9.09. The largest absolute Gasteiger partial charge is 0.444 e. The van der Waals surface area contributed by atoms with Gasteiger partial charge in [0.25, 0.3) is 10.1 Å². The molecule has 1 aromatic rings. The van der Waals surface area contributed by atoms with Crippen LogP contribution in [0.3, 0.4) is 0 Å². The number of benzene rings is 1. The SMILES string of the molecule is Cc1ccccc1S(=O)(=O)OCCOC1CN(C(=O)OC(C)(C)C)CC1Br. The molecule has 2 rings (SSSR count). The molecule has 7 nitrogen and oxygen atoms in total. The van der Waals surface area contributed by atoms with Gasteiger partial charge >= 0.3 is 6.09 Å². The second kappa shape index (κ2) is 8.89. The zero-order valence-corrected chi connectivity index (χ0v) is 18.4. The van der Waals surface area contributed by atoms with Gasteiger partial charge in [-0.05, 0) is 39.3 Å². The highest BCUT2D eigenvalue weighted by Crippen LogP contribution is 2.23. The van der Waals surface area contributed by atoms with Crippen LogP contribution in [0.5, 0.6) is 0 Å². The number of carbonyl (C=O) groups is 1. The molecule has 0 radical (unpaired) electrons. The Morgan fingerprint density at radius 3 is 2.52 bits per heavy atom. The van der Waals surface area contributed by atoms with Crippen molar-refractivity contribution in [3.63, 3.8) is 0 Å². The van der Waals surface area contributed by atoms with Crippen molar-refractivity contribution in [2.45, 2.75) is 49.1 Å². The van der Waals surface area contributed by atoms with Crippen LogP contribution in [-0.2, 0) is 23.8 Å². The minimum atomic E-state index is -3.82. The zero-order valence-electron chi connectivity index (χ0n) is 16.0. The molecule has 0 bridgehead atoms. The van der Waals surface area contributed by atoms with Crippen LogP contribution in [0.2, 0.25) is 0 Å². The summed E-state index contributed by atoms with van der Waals surface area (Å²) < 4.78 is 40.6. The molecule has 2 unspecified atom stereocenters. The average molecular weight is 464 g/mol. The summed E-state index contributed by atoms with van der Waals surface area (Å²) in [6.07, 6.45) is -0.654. The molecule has 1 fully saturated rings. The van der Waals surface area contributed by atoms with Crippen LogP contribution in [0.25, 0.3) is 0 Å². The lowest BCUT2D eigenvalue weighted by Crippen LogP contribution is -2.36. The van der Waals surface area contributed by atoms with Crippen LogP contribution in [0.1, 0.15) is 26.3 Å². The van der Waals surface area contributed by atoms with Gasteiger partial charge in [0.1, 0.15) is 5.60 Å². The van der Waals surface area contributed by atoms with E-state index in [2.05, 4.69) is 15.9 Å². The molecule has 0 spiro atoms. The highest BCUT2D eigenvalue weighted by Gasteiger charge is 2.36. The fourth-order valence-electron chi connectivity index (χ4n) is 2.61. The van der Waals surface area contributed by atoms with Crippen LogP contribution in [0.4, 0.5) is 4.79 Å². The first-order chi connectivity index (χ1) is 12.5. The molecule has 0 aliphatic carbocycles. The Balaban J connectivity index is 1.80. The van der Waals surface area contributed by atoms with Crippen molar-refractivity contribution in [2.24, 2.45) is 0 Å². The number of amides is 1. The van der Waals surface area contributed by atoms with Crippen molar-refractivity contribution in [2.75, 3.05) is 26.3 Å². The Labute approximate surface area is 169 Å². The minimum Gasteiger partial charge on any atom is -0.444 e. The third kappa shape index (κ3) is 6.44. The second-order valence-electron chi connectivity index (χ2n) is 7.35. The average Bonchev–Trinajstić information content (AvgIpc) is 2.91. The van der Waals surface area contributed by atoms with Gasteiger partial charge in [-0.15, -0.1) is 0 Å². The zero-order chi connectivity index (χ0) is 20.2. The summed E-state index contributed by atoms with van der Waals surface area (Å²) in [5.74, 6) is 0. The number of carbonyl (C=O) groups excluding carboxylic acids is 1. The summed E-state index contributed by atoms with van der Waals surface area (Å²) in [6.45, 7) is 7.98. The summed E-state index contributed by atoms with van der Waals surface area (Å²) in [4.78, 5) is 13.8. The predicted molar refractivity (Wildman–Crippen MR) is 105 cm³/mol. The van der Waals surface area contributed by atoms with E-state index in [1.165, 1.54) is 6.07 Å². The number of halogens is 1. The van der Waals surface area contributed by atoms with Gasteiger partial charge in [-0.1, -0.05) is 34.1 Å². The lowest BCUT2D eigenvalue weighted by molar-refractivity contribution is 0.0180. The molecular weight excluding hydrogens is 438 g/mol. The van der Waals surface area contributed by atoms with Gasteiger partial charge in [0.05, 0.1) is 35.6 Å². The van der Waals surface area contributed by atoms with E-state index < -0.39 is 21.8 Å². The molecule has 0 saturated carbocycles. The van der Waals surface area contributed by atoms with Gasteiger partial charge in [-0.25, -0.2) is 4.79 Å². The van der Waals surface area contributed by atoms with Crippen molar-refractivity contribution in [3.05, 3.63) is 29.8 Å². The summed E-state index contributed by atoms with van der Waals surface area (Å²) in [6, 6.07) is 6.64. The first-order valence-corrected chi connectivity index (χ1v) is 11.0. The van der Waals surface area contributed by atoms with Crippen molar-refractivity contribution in [1.82, 2.24) is 4.90 Å². The smallest absolute Gasteiger partial charge is 0.410 e. The normalized spacial score (nSPS) is 20.7. The molecule has 1 heterocycles. The maximum atomic E-state index is 12.2. The van der Waals surface area contributed by atoms with Crippen molar-refractivity contribution < 1.29 is 26.9 Å². The van der Waals surface area contributed by atoms with E-state index in [0.29, 0.717) is 18.7 Å². The topological polar surface area (TPSA) is 82.1 Å². The lowest BCUT2D eigenvalue weighted by Gasteiger charge is -2.24. The van der Waals surface area contributed by atoms with Crippen LogP contribution in [0, 0.1) is 6.92 Å². The van der Waals surface area contributed by atoms with Crippen LogP contribution in [0.15, 0.2) is 29.2 Å². The van der Waals surface area contributed by atoms with Crippen molar-refractivity contribution in [1.29, 1.82) is 0 Å². The van der Waals surface area contributed by atoms with E-state index in [-0.39, 0.29) is 29.0 Å². The quantitative estimate of drug-likeness (QED) is 0.366. The van der Waals surface area contributed by atoms with Crippen LogP contribution < -0.4 is 0 Å². The Hall–Kier alpha value is -1.16. The molecule has 2 atom stereocenters. The number of likely N-dealkylation sites (tertiary alicyclic amines) is 1. The first kappa shape index (κ1) is 22.1. The summed E-state index contributed by atoms with van der Waals surface area (Å²) >= 11 is 3.50. The van der Waals surface area contributed by atoms with E-state index in [4.69, 9.17) is 13.7 Å². The number of rotatable bonds is 6. The number of ether oxygens (including phenoxy) is 2. The van der Waals surface area contributed by atoms with Crippen LogP contribution in [-0.4, -0.2) is 62.2 Å². The van der Waals surface area contributed by atoms with E-state index in [0.717, 1.165) is 0 Å². The van der Waals surface area contributed by atoms with E-state index >= 15 is 0 Å². The summed E-state index contributed by atoms with van der Waals surface area (Å²) in [5, 5.41) is 0. The van der Waals surface area contributed by atoms with E-state index in [9.17, 15) is 13.2 Å². The summed E-state index contributed by atoms with van der Waals surface area (Å²) in [7, 11) is -3.82. The van der Waals surface area contributed by atoms with Gasteiger partial charge in [0.2, 0.25) is 0 Å². The molecule has 1 aromatic carbocycles. The van der Waals surface area contributed by atoms with Gasteiger partial charge in [0, 0.05) is 6.54 Å². The molecular formula is C18H26BrNO6S. The Kier molecular flexibility index (Phi) is 7.29. The molecule has 1 aliphatic rings. The second-order valence-corrected chi connectivity index (χ2v) is 10.1. The lowest BCUT2D eigenvalue weighted by atomic mass is 10.2. The number of nitrogens with zero attached hydrogens (tertiary/aromatic N) is 1. The van der Waals surface area contributed by atoms with E-state index in [1.807, 2.05) is 20.8 Å². The highest BCUT2D eigenvalue weighted by atomic mass is 79.9. The molecule has 9 heteroatoms. The number of aryl methyl sites for hydroxylation is 1. The van der Waals surface area contributed by atoms with E-state index in [1.54, 1.807) is 30.0 Å². The molecule has 0 N–H and O–H groups in total. The standard InChI is InChI=1S/C18H26BrNO6S/c1-13-7-5-6-8-16(13)27(22,23)25-10-9-24-15-12-20(11-14(15)19)17(21)26-18(2,3)4/h5-8,14-15H,9-12H2,1-4H3. The molecule has 0 aromatic heterocycles. The van der Waals surface area contributed by atoms with Gasteiger partial charge in [-0.3, -0.25) is 4.18 Å². The van der Waals surface area contributed by atoms with Crippen LogP contribution >= 0.6 is 15.9 Å². The van der Waals surface area contributed by atoms with Gasteiger partial charge in [-0.2, -0.15) is 8.42 Å². The van der Waals surface area contributed by atoms with Gasteiger partial charge in [0.15, 0.2) is 0 Å². The monoisotopic (exact) mass is 463 g/mol. The fraction of sp³-hybridized carbons (Fsp3) is 0.611. The molecule has 152 valence electrons. The Morgan fingerprint density at radius 2 is 1.89 bits per heavy atom. The predicted octanol–water partition coefficient (Wildman–Crippen LogP) is 3.10. The van der Waals surface area contributed by atoms with Crippen molar-refractivity contribution >= 4 is 32.1 Å². The minimum absolute atomic E-state index is 0.0574. The Bertz CT molecular complexity index is 761. The molecule has 1 amide bonds. The third-order valence-corrected chi connectivity index (χ3v) is 6.22. The Morgan fingerprint density at radius 1 is 1.22 bits per heavy atom. The van der Waals surface area contributed by atoms with Gasteiger partial charge < -0.3 is 14.4 Å². The maximum Gasteiger partial charge on any atom is 0.410 e. The number of alkyl halides is 1. The number of hydrogen-bond donors (Lipinski definition) is 0. The molecule has 27 heavy (non-hydrogen) atoms. The van der Waals surface area contributed by atoms with Crippen molar-refractivity contribution in [3.8, 4) is 0 Å². The fourth-order valence-corrected chi connectivity index (χ4v) is 4.40. The first-order valence-electron chi connectivity index (χ1n) is 8.68. The third-order valence-electron chi connectivity index (χ3n) is 3.87.